The first-order valence-electron chi connectivity index (χ1n) is 7.55. The average molecular weight is 338 g/mol. The summed E-state index contributed by atoms with van der Waals surface area (Å²) in [5.41, 5.74) is -0.134. The number of nitrogens with zero attached hydrogens (tertiary/aromatic N) is 3. The molecule has 1 aliphatic heterocycles. The second kappa shape index (κ2) is 6.64. The van der Waals surface area contributed by atoms with E-state index in [-0.39, 0.29) is 11.6 Å². The summed E-state index contributed by atoms with van der Waals surface area (Å²) in [6.45, 7) is 4.36. The number of hydrogen-bond donors (Lipinski definition) is 1. The van der Waals surface area contributed by atoms with E-state index in [0.717, 1.165) is 6.07 Å². The molecule has 1 aliphatic rings. The highest BCUT2D eigenvalue weighted by Gasteiger charge is 2.33. The maximum atomic E-state index is 13.1. The number of ether oxygens (including phenoxy) is 1. The molecule has 24 heavy (non-hydrogen) atoms. The van der Waals surface area contributed by atoms with Gasteiger partial charge in [0.15, 0.2) is 0 Å². The van der Waals surface area contributed by atoms with Crippen LogP contribution in [0.5, 0.6) is 0 Å². The molecule has 1 N–H and O–H groups in total. The van der Waals surface area contributed by atoms with Gasteiger partial charge in [0.1, 0.15) is 5.82 Å². The van der Waals surface area contributed by atoms with E-state index in [1.165, 1.54) is 18.2 Å². The molecular formula is C16H17F3N4O. The number of benzene rings is 1. The molecule has 1 aromatic heterocycles. The number of anilines is 3. The smallest absolute Gasteiger partial charge is 0.378 e. The lowest BCUT2D eigenvalue weighted by molar-refractivity contribution is -0.136. The number of hydrogen-bond acceptors (Lipinski definition) is 5. The van der Waals surface area contributed by atoms with Crippen LogP contribution in [-0.4, -0.2) is 36.3 Å². The Morgan fingerprint density at radius 3 is 2.54 bits per heavy atom. The molecule has 0 radical (unpaired) electrons. The second-order valence-electron chi connectivity index (χ2n) is 5.46. The standard InChI is InChI=1S/C16H17F3N4O/c1-11-10-14(23-6-8-24-9-7-23)22-15(20-11)21-13-5-3-2-4-12(13)16(17,18)19/h2-5,10H,6-9H2,1H3,(H,20,21,22). The summed E-state index contributed by atoms with van der Waals surface area (Å²) in [6.07, 6.45) is -4.44. The first kappa shape index (κ1) is 16.5. The minimum atomic E-state index is -4.44. The molecule has 3 rings (SSSR count). The van der Waals surface area contributed by atoms with E-state index < -0.39 is 11.7 Å². The summed E-state index contributed by atoms with van der Waals surface area (Å²) in [6, 6.07) is 7.09. The van der Waals surface area contributed by atoms with Gasteiger partial charge in [0.25, 0.3) is 0 Å². The van der Waals surface area contributed by atoms with Crippen LogP contribution in [-0.2, 0) is 10.9 Å². The molecule has 0 bridgehead atoms. The van der Waals surface area contributed by atoms with Gasteiger partial charge >= 0.3 is 6.18 Å². The average Bonchev–Trinajstić information content (AvgIpc) is 2.55. The number of aryl methyl sites for hydroxylation is 1. The number of rotatable bonds is 3. The van der Waals surface area contributed by atoms with E-state index in [4.69, 9.17) is 4.74 Å². The summed E-state index contributed by atoms with van der Waals surface area (Å²) in [7, 11) is 0. The van der Waals surface area contributed by atoms with Crippen LogP contribution in [0.25, 0.3) is 0 Å². The van der Waals surface area contributed by atoms with E-state index in [1.54, 1.807) is 6.92 Å². The summed E-state index contributed by atoms with van der Waals surface area (Å²) in [5.74, 6) is 0.825. The van der Waals surface area contributed by atoms with E-state index in [9.17, 15) is 13.2 Å². The Morgan fingerprint density at radius 1 is 1.12 bits per heavy atom. The number of halogens is 3. The Bertz CT molecular complexity index is 715. The highest BCUT2D eigenvalue weighted by molar-refractivity contribution is 5.60. The van der Waals surface area contributed by atoms with Crippen LogP contribution >= 0.6 is 0 Å². The first-order valence-corrected chi connectivity index (χ1v) is 7.55. The predicted octanol–water partition coefficient (Wildman–Crippen LogP) is 3.38. The molecule has 0 aliphatic carbocycles. The number of morpholine rings is 1. The third kappa shape index (κ3) is 3.76. The molecule has 0 saturated carbocycles. The lowest BCUT2D eigenvalue weighted by Gasteiger charge is -2.28. The lowest BCUT2D eigenvalue weighted by atomic mass is 10.1. The van der Waals surface area contributed by atoms with Crippen molar-refractivity contribution in [2.24, 2.45) is 0 Å². The third-order valence-electron chi connectivity index (χ3n) is 3.65. The molecule has 5 nitrogen and oxygen atoms in total. The van der Waals surface area contributed by atoms with Gasteiger partial charge < -0.3 is 15.0 Å². The summed E-state index contributed by atoms with van der Waals surface area (Å²) >= 11 is 0. The second-order valence-corrected chi connectivity index (χ2v) is 5.46. The number of alkyl halides is 3. The zero-order chi connectivity index (χ0) is 17.2. The van der Waals surface area contributed by atoms with Crippen LogP contribution < -0.4 is 10.2 Å². The molecule has 128 valence electrons. The van der Waals surface area contributed by atoms with Crippen LogP contribution in [0, 0.1) is 6.92 Å². The summed E-state index contributed by atoms with van der Waals surface area (Å²) in [5, 5.41) is 2.70. The Balaban J connectivity index is 1.90. The number of para-hydroxylation sites is 1. The Hall–Kier alpha value is -2.35. The summed E-state index contributed by atoms with van der Waals surface area (Å²) < 4.78 is 44.6. The van der Waals surface area contributed by atoms with E-state index in [2.05, 4.69) is 15.3 Å². The van der Waals surface area contributed by atoms with Gasteiger partial charge in [-0.05, 0) is 19.1 Å². The molecule has 2 heterocycles. The fourth-order valence-corrected chi connectivity index (χ4v) is 2.52. The maximum absolute atomic E-state index is 13.1. The fourth-order valence-electron chi connectivity index (χ4n) is 2.52. The zero-order valence-corrected chi connectivity index (χ0v) is 13.1. The van der Waals surface area contributed by atoms with Crippen molar-refractivity contribution in [2.75, 3.05) is 36.5 Å². The molecule has 1 aromatic carbocycles. The molecular weight excluding hydrogens is 321 g/mol. The molecule has 0 spiro atoms. The Kier molecular flexibility index (Phi) is 4.57. The van der Waals surface area contributed by atoms with Gasteiger partial charge in [-0.2, -0.15) is 18.2 Å². The molecule has 1 fully saturated rings. The predicted molar refractivity (Wildman–Crippen MR) is 84.5 cm³/mol. The zero-order valence-electron chi connectivity index (χ0n) is 13.1. The SMILES string of the molecule is Cc1cc(N2CCOCC2)nc(Nc2ccccc2C(F)(F)F)n1. The third-order valence-corrected chi connectivity index (χ3v) is 3.65. The van der Waals surface area contributed by atoms with Gasteiger partial charge in [0.05, 0.1) is 24.5 Å². The summed E-state index contributed by atoms with van der Waals surface area (Å²) in [4.78, 5) is 10.6. The van der Waals surface area contributed by atoms with E-state index >= 15 is 0 Å². The minimum absolute atomic E-state index is 0.0662. The van der Waals surface area contributed by atoms with Crippen molar-refractivity contribution in [3.05, 3.63) is 41.6 Å². The van der Waals surface area contributed by atoms with Crippen LogP contribution in [0.15, 0.2) is 30.3 Å². The lowest BCUT2D eigenvalue weighted by Crippen LogP contribution is -2.36. The Morgan fingerprint density at radius 2 is 1.83 bits per heavy atom. The fraction of sp³-hybridized carbons (Fsp3) is 0.375. The molecule has 2 aromatic rings. The van der Waals surface area contributed by atoms with Gasteiger partial charge in [-0.1, -0.05) is 12.1 Å². The monoisotopic (exact) mass is 338 g/mol. The topological polar surface area (TPSA) is 50.3 Å². The number of nitrogens with one attached hydrogen (secondary N) is 1. The van der Waals surface area contributed by atoms with Crippen LogP contribution in [0.3, 0.4) is 0 Å². The van der Waals surface area contributed by atoms with Gasteiger partial charge in [0.2, 0.25) is 5.95 Å². The molecule has 0 unspecified atom stereocenters. The van der Waals surface area contributed by atoms with Crippen molar-refractivity contribution in [1.29, 1.82) is 0 Å². The highest BCUT2D eigenvalue weighted by Crippen LogP contribution is 2.35. The van der Waals surface area contributed by atoms with Crippen molar-refractivity contribution < 1.29 is 17.9 Å². The van der Waals surface area contributed by atoms with Gasteiger partial charge in [-0.15, -0.1) is 0 Å². The first-order chi connectivity index (χ1) is 11.4. The number of aromatic nitrogens is 2. The van der Waals surface area contributed by atoms with Crippen molar-refractivity contribution >= 4 is 17.5 Å². The normalized spacial score (nSPS) is 15.4. The van der Waals surface area contributed by atoms with Gasteiger partial charge in [-0.25, -0.2) is 4.98 Å². The largest absolute Gasteiger partial charge is 0.418 e. The van der Waals surface area contributed by atoms with Crippen LogP contribution in [0.4, 0.5) is 30.6 Å². The van der Waals surface area contributed by atoms with Gasteiger partial charge in [-0.3, -0.25) is 0 Å². The van der Waals surface area contributed by atoms with Crippen molar-refractivity contribution in [2.45, 2.75) is 13.1 Å². The van der Waals surface area contributed by atoms with Crippen molar-refractivity contribution in [3.63, 3.8) is 0 Å². The molecule has 1 saturated heterocycles. The van der Waals surface area contributed by atoms with Crippen molar-refractivity contribution in [1.82, 2.24) is 9.97 Å². The molecule has 8 heteroatoms. The molecule has 0 atom stereocenters. The van der Waals surface area contributed by atoms with E-state index in [0.29, 0.717) is 37.8 Å². The van der Waals surface area contributed by atoms with Crippen LogP contribution in [0.2, 0.25) is 0 Å². The van der Waals surface area contributed by atoms with Crippen molar-refractivity contribution in [3.8, 4) is 0 Å². The van der Waals surface area contributed by atoms with Crippen LogP contribution in [0.1, 0.15) is 11.3 Å². The Labute approximate surface area is 137 Å². The highest BCUT2D eigenvalue weighted by atomic mass is 19.4. The minimum Gasteiger partial charge on any atom is -0.378 e. The van der Waals surface area contributed by atoms with Gasteiger partial charge in [0, 0.05) is 24.8 Å². The quantitative estimate of drug-likeness (QED) is 0.930. The maximum Gasteiger partial charge on any atom is 0.418 e. The van der Waals surface area contributed by atoms with E-state index in [1.807, 2.05) is 11.0 Å². The molecule has 0 amide bonds.